The Morgan fingerprint density at radius 2 is 1.92 bits per heavy atom. The van der Waals surface area contributed by atoms with Crippen molar-refractivity contribution in [2.45, 2.75) is 26.3 Å². The van der Waals surface area contributed by atoms with Gasteiger partial charge in [-0.2, -0.15) is 5.26 Å². The molecule has 6 heteroatoms. The number of benzene rings is 1. The van der Waals surface area contributed by atoms with Crippen LogP contribution in [0.15, 0.2) is 36.7 Å². The first-order valence-corrected chi connectivity index (χ1v) is 8.49. The summed E-state index contributed by atoms with van der Waals surface area (Å²) in [4.78, 5) is 13.1. The summed E-state index contributed by atoms with van der Waals surface area (Å²) in [5.41, 5.74) is 9.01. The molecule has 2 N–H and O–H groups in total. The molecule has 3 rings (SSSR count). The maximum absolute atomic E-state index is 9.59. The molecular formula is C20H21N5O. The van der Waals surface area contributed by atoms with Crippen LogP contribution in [0.3, 0.4) is 0 Å². The SMILES string of the molecule is COc1cc2nc(C(N)CC(C)C)nc(C#N)c2cc1-c1ccncc1. The number of methoxy groups -OCH3 is 1. The van der Waals surface area contributed by atoms with E-state index in [1.165, 1.54) is 0 Å². The van der Waals surface area contributed by atoms with Crippen molar-refractivity contribution >= 4 is 10.9 Å². The van der Waals surface area contributed by atoms with Crippen LogP contribution in [0.25, 0.3) is 22.0 Å². The average molecular weight is 347 g/mol. The van der Waals surface area contributed by atoms with Crippen LogP contribution in [-0.4, -0.2) is 22.1 Å². The first kappa shape index (κ1) is 17.8. The van der Waals surface area contributed by atoms with Crippen molar-refractivity contribution in [1.29, 1.82) is 5.26 Å². The second-order valence-electron chi connectivity index (χ2n) is 6.58. The van der Waals surface area contributed by atoms with Gasteiger partial charge in [-0.1, -0.05) is 13.8 Å². The topological polar surface area (TPSA) is 97.7 Å². The predicted octanol–water partition coefficient (Wildman–Crippen LogP) is 3.62. The number of nitrogens with zero attached hydrogens (tertiary/aromatic N) is 4. The molecule has 3 aromatic rings. The Morgan fingerprint density at radius 3 is 2.54 bits per heavy atom. The zero-order valence-electron chi connectivity index (χ0n) is 15.1. The van der Waals surface area contributed by atoms with E-state index in [2.05, 4.69) is 34.9 Å². The van der Waals surface area contributed by atoms with Crippen LogP contribution in [0.1, 0.15) is 37.8 Å². The fraction of sp³-hybridized carbons (Fsp3) is 0.300. The minimum Gasteiger partial charge on any atom is -0.496 e. The smallest absolute Gasteiger partial charge is 0.152 e. The lowest BCUT2D eigenvalue weighted by Gasteiger charge is -2.15. The Balaban J connectivity index is 2.20. The molecule has 0 amide bonds. The van der Waals surface area contributed by atoms with Gasteiger partial charge in [-0.15, -0.1) is 0 Å². The first-order valence-electron chi connectivity index (χ1n) is 8.49. The Bertz CT molecular complexity index is 963. The Morgan fingerprint density at radius 1 is 1.19 bits per heavy atom. The monoisotopic (exact) mass is 347 g/mol. The Labute approximate surface area is 152 Å². The number of rotatable bonds is 5. The number of ether oxygens (including phenoxy) is 1. The van der Waals surface area contributed by atoms with E-state index >= 15 is 0 Å². The molecule has 0 radical (unpaired) electrons. The standard InChI is InChI=1S/C20H21N5O/c1-12(2)8-16(22)20-24-17-10-19(26-3)14(13-4-6-23-7-5-13)9-15(17)18(11-21)25-20/h4-7,9-10,12,16H,8,22H2,1-3H3. The number of aromatic nitrogens is 3. The third-order valence-corrected chi connectivity index (χ3v) is 4.19. The van der Waals surface area contributed by atoms with Gasteiger partial charge in [-0.3, -0.25) is 4.98 Å². The summed E-state index contributed by atoms with van der Waals surface area (Å²) in [5.74, 6) is 1.58. The van der Waals surface area contributed by atoms with Gasteiger partial charge in [0.15, 0.2) is 5.69 Å². The molecule has 0 saturated heterocycles. The van der Waals surface area contributed by atoms with Crippen molar-refractivity contribution in [1.82, 2.24) is 15.0 Å². The number of hydrogen-bond donors (Lipinski definition) is 1. The number of hydrogen-bond acceptors (Lipinski definition) is 6. The summed E-state index contributed by atoms with van der Waals surface area (Å²) in [6.07, 6.45) is 4.19. The molecule has 0 saturated carbocycles. The maximum Gasteiger partial charge on any atom is 0.152 e. The van der Waals surface area contributed by atoms with Gasteiger partial charge in [0, 0.05) is 29.4 Å². The molecule has 2 heterocycles. The summed E-state index contributed by atoms with van der Waals surface area (Å²) in [7, 11) is 1.61. The van der Waals surface area contributed by atoms with Gasteiger partial charge in [-0.25, -0.2) is 9.97 Å². The lowest BCUT2D eigenvalue weighted by atomic mass is 10.0. The Hall–Kier alpha value is -3.04. The van der Waals surface area contributed by atoms with E-state index in [0.29, 0.717) is 34.1 Å². The second kappa shape index (κ2) is 7.46. The molecule has 0 spiro atoms. The van der Waals surface area contributed by atoms with Gasteiger partial charge in [0.2, 0.25) is 0 Å². The molecule has 1 unspecified atom stereocenters. The second-order valence-corrected chi connectivity index (χ2v) is 6.58. The molecule has 26 heavy (non-hydrogen) atoms. The van der Waals surface area contributed by atoms with E-state index in [-0.39, 0.29) is 6.04 Å². The quantitative estimate of drug-likeness (QED) is 0.757. The highest BCUT2D eigenvalue weighted by atomic mass is 16.5. The van der Waals surface area contributed by atoms with Crippen LogP contribution < -0.4 is 10.5 Å². The fourth-order valence-corrected chi connectivity index (χ4v) is 2.96. The molecular weight excluding hydrogens is 326 g/mol. The van der Waals surface area contributed by atoms with Gasteiger partial charge in [0.25, 0.3) is 0 Å². The number of pyridine rings is 1. The van der Waals surface area contributed by atoms with Gasteiger partial charge < -0.3 is 10.5 Å². The summed E-state index contributed by atoms with van der Waals surface area (Å²) < 4.78 is 5.55. The lowest BCUT2D eigenvalue weighted by Crippen LogP contribution is -2.17. The third kappa shape index (κ3) is 3.48. The van der Waals surface area contributed by atoms with Crippen molar-refractivity contribution in [2.24, 2.45) is 11.7 Å². The van der Waals surface area contributed by atoms with Crippen molar-refractivity contribution in [3.63, 3.8) is 0 Å². The summed E-state index contributed by atoms with van der Waals surface area (Å²) in [5, 5.41) is 10.3. The number of fused-ring (bicyclic) bond motifs is 1. The van der Waals surface area contributed by atoms with E-state index in [1.54, 1.807) is 19.5 Å². The third-order valence-electron chi connectivity index (χ3n) is 4.19. The molecule has 0 aliphatic carbocycles. The lowest BCUT2D eigenvalue weighted by molar-refractivity contribution is 0.417. The minimum absolute atomic E-state index is 0.308. The first-order chi connectivity index (χ1) is 12.5. The van der Waals surface area contributed by atoms with Gasteiger partial charge in [0.1, 0.15) is 17.6 Å². The largest absolute Gasteiger partial charge is 0.496 e. The van der Waals surface area contributed by atoms with Crippen LogP contribution in [0.4, 0.5) is 0 Å². The normalized spacial score (nSPS) is 12.2. The molecule has 1 atom stereocenters. The van der Waals surface area contributed by atoms with Crippen molar-refractivity contribution in [3.8, 4) is 22.9 Å². The zero-order chi connectivity index (χ0) is 18.7. The van der Waals surface area contributed by atoms with Crippen LogP contribution >= 0.6 is 0 Å². The van der Waals surface area contributed by atoms with Crippen molar-refractivity contribution < 1.29 is 4.74 Å². The number of nitriles is 1. The fourth-order valence-electron chi connectivity index (χ4n) is 2.96. The van der Waals surface area contributed by atoms with Gasteiger partial charge in [-0.05, 0) is 36.1 Å². The minimum atomic E-state index is -0.308. The highest BCUT2D eigenvalue weighted by Crippen LogP contribution is 2.34. The van der Waals surface area contributed by atoms with Crippen LogP contribution in [0.5, 0.6) is 5.75 Å². The molecule has 1 aromatic carbocycles. The van der Waals surface area contributed by atoms with Crippen molar-refractivity contribution in [3.05, 3.63) is 48.2 Å². The average Bonchev–Trinajstić information content (AvgIpc) is 2.66. The van der Waals surface area contributed by atoms with Gasteiger partial charge in [0.05, 0.1) is 18.7 Å². The Kier molecular flexibility index (Phi) is 5.10. The molecule has 0 fully saturated rings. The summed E-state index contributed by atoms with van der Waals surface area (Å²) in [6.45, 7) is 4.19. The summed E-state index contributed by atoms with van der Waals surface area (Å²) >= 11 is 0. The predicted molar refractivity (Wildman–Crippen MR) is 100 cm³/mol. The molecule has 0 aliphatic heterocycles. The van der Waals surface area contributed by atoms with E-state index in [9.17, 15) is 5.26 Å². The van der Waals surface area contributed by atoms with E-state index in [0.717, 1.165) is 17.5 Å². The van der Waals surface area contributed by atoms with Crippen LogP contribution in [0.2, 0.25) is 0 Å². The zero-order valence-corrected chi connectivity index (χ0v) is 15.1. The van der Waals surface area contributed by atoms with Crippen LogP contribution in [-0.2, 0) is 0 Å². The summed E-state index contributed by atoms with van der Waals surface area (Å²) in [6, 6.07) is 9.37. The van der Waals surface area contributed by atoms with E-state index in [4.69, 9.17) is 10.5 Å². The van der Waals surface area contributed by atoms with Gasteiger partial charge >= 0.3 is 0 Å². The highest BCUT2D eigenvalue weighted by Gasteiger charge is 2.17. The van der Waals surface area contributed by atoms with E-state index < -0.39 is 0 Å². The number of nitrogens with two attached hydrogens (primary N) is 1. The molecule has 0 aliphatic rings. The molecule has 2 aromatic heterocycles. The van der Waals surface area contributed by atoms with Crippen molar-refractivity contribution in [2.75, 3.05) is 7.11 Å². The molecule has 132 valence electrons. The van der Waals surface area contributed by atoms with E-state index in [1.807, 2.05) is 24.3 Å². The van der Waals surface area contributed by atoms with Crippen LogP contribution in [0, 0.1) is 17.2 Å². The maximum atomic E-state index is 9.59. The molecule has 0 bridgehead atoms. The highest BCUT2D eigenvalue weighted by molar-refractivity contribution is 5.91. The molecule has 6 nitrogen and oxygen atoms in total.